The predicted molar refractivity (Wildman–Crippen MR) is 172 cm³/mol. The van der Waals surface area contributed by atoms with Crippen LogP contribution in [0.2, 0.25) is 5.15 Å². The van der Waals surface area contributed by atoms with Crippen molar-refractivity contribution in [2.24, 2.45) is 5.92 Å². The zero-order chi connectivity index (χ0) is 30.0. The van der Waals surface area contributed by atoms with Crippen molar-refractivity contribution in [3.05, 3.63) is 85.4 Å². The monoisotopic (exact) mass is 603 g/mol. The van der Waals surface area contributed by atoms with E-state index in [9.17, 15) is 9.59 Å². The van der Waals surface area contributed by atoms with Crippen molar-refractivity contribution in [1.29, 1.82) is 0 Å². The number of piperazine rings is 1. The fourth-order valence-corrected chi connectivity index (χ4v) is 6.71. The summed E-state index contributed by atoms with van der Waals surface area (Å²) >= 11 is 7.49. The summed E-state index contributed by atoms with van der Waals surface area (Å²) in [6.45, 7) is 13.2. The van der Waals surface area contributed by atoms with Gasteiger partial charge in [-0.05, 0) is 61.4 Å². The van der Waals surface area contributed by atoms with Crippen LogP contribution in [0, 0.1) is 12.8 Å². The van der Waals surface area contributed by atoms with Crippen LogP contribution >= 0.6 is 22.9 Å². The third kappa shape index (κ3) is 5.93. The molecule has 9 heteroatoms. The van der Waals surface area contributed by atoms with Gasteiger partial charge >= 0.3 is 0 Å². The molecule has 0 radical (unpaired) electrons. The van der Waals surface area contributed by atoms with Gasteiger partial charge in [-0.1, -0.05) is 57.5 Å². The molecule has 0 atom stereocenters. The molecule has 5 rings (SSSR count). The van der Waals surface area contributed by atoms with Crippen molar-refractivity contribution in [3.63, 3.8) is 0 Å². The Morgan fingerprint density at radius 1 is 1.10 bits per heavy atom. The molecule has 0 saturated carbocycles. The van der Waals surface area contributed by atoms with Gasteiger partial charge in [0.15, 0.2) is 0 Å². The summed E-state index contributed by atoms with van der Waals surface area (Å²) < 4.78 is 1.85. The Morgan fingerprint density at radius 3 is 2.38 bits per heavy atom. The van der Waals surface area contributed by atoms with Crippen molar-refractivity contribution in [2.45, 2.75) is 53.9 Å². The van der Waals surface area contributed by atoms with Gasteiger partial charge in [-0.3, -0.25) is 14.2 Å². The quantitative estimate of drug-likeness (QED) is 0.237. The molecule has 1 aliphatic heterocycles. The molecule has 7 nitrogen and oxygen atoms in total. The van der Waals surface area contributed by atoms with Gasteiger partial charge in [0.2, 0.25) is 0 Å². The van der Waals surface area contributed by atoms with E-state index in [1.54, 1.807) is 12.3 Å². The number of carbonyl (C=O) groups is 1. The number of nitrogens with zero attached hydrogens (tertiary/aromatic N) is 4. The summed E-state index contributed by atoms with van der Waals surface area (Å²) in [5.41, 5.74) is 6.30. The highest BCUT2D eigenvalue weighted by Gasteiger charge is 2.28. The van der Waals surface area contributed by atoms with E-state index in [1.165, 1.54) is 11.3 Å². The third-order valence-corrected chi connectivity index (χ3v) is 8.98. The molecular weight excluding hydrogens is 566 g/mol. The van der Waals surface area contributed by atoms with Gasteiger partial charge in [-0.25, -0.2) is 9.97 Å². The molecule has 1 fully saturated rings. The molecule has 1 N–H and O–H groups in total. The lowest BCUT2D eigenvalue weighted by molar-refractivity contribution is 0.0733. The topological polar surface area (TPSA) is 80.1 Å². The first-order valence-electron chi connectivity index (χ1n) is 14.7. The Hall–Kier alpha value is -3.33. The number of halogens is 1. The number of rotatable bonds is 8. The largest absolute Gasteiger partial charge is 0.336 e. The lowest BCUT2D eigenvalue weighted by Crippen LogP contribution is -2.47. The smallest absolute Gasteiger partial charge is 0.265 e. The van der Waals surface area contributed by atoms with E-state index in [-0.39, 0.29) is 17.4 Å². The van der Waals surface area contributed by atoms with Gasteiger partial charge < -0.3 is 10.2 Å². The summed E-state index contributed by atoms with van der Waals surface area (Å²) in [5.74, 6) is 0.200. The number of amides is 1. The van der Waals surface area contributed by atoms with Crippen LogP contribution in [0.1, 0.15) is 59.8 Å². The summed E-state index contributed by atoms with van der Waals surface area (Å²) in [4.78, 5) is 41.0. The zero-order valence-corrected chi connectivity index (χ0v) is 26.5. The number of thiazole rings is 1. The zero-order valence-electron chi connectivity index (χ0n) is 25.0. The Kier molecular flexibility index (Phi) is 9.25. The lowest BCUT2D eigenvalue weighted by atomic mass is 9.97. The van der Waals surface area contributed by atoms with Crippen LogP contribution in [0.5, 0.6) is 0 Å². The third-order valence-electron chi connectivity index (χ3n) is 7.76. The second kappa shape index (κ2) is 12.9. The molecule has 1 amide bonds. The standard InChI is InChI=1S/C33H38ClN5O2S/c1-6-22-9-8-10-23(7-2)30(22)39-27(17-20(3)4)25(32(40)38-15-13-35-14-16-38)18-26(33(39)41)31-37-29(21(5)42-31)24-11-12-28(34)36-19-24/h8-12,18-20,35H,6-7,13-17H2,1-5H3. The van der Waals surface area contributed by atoms with Gasteiger partial charge in [0.25, 0.3) is 11.5 Å². The first-order valence-corrected chi connectivity index (χ1v) is 15.9. The van der Waals surface area contributed by atoms with Crippen LogP contribution in [-0.2, 0) is 19.3 Å². The maximum atomic E-state index is 14.7. The number of pyridine rings is 2. The number of hydrogen-bond donors (Lipinski definition) is 1. The first kappa shape index (κ1) is 30.1. The van der Waals surface area contributed by atoms with Gasteiger partial charge in [0.1, 0.15) is 10.2 Å². The van der Waals surface area contributed by atoms with Crippen LogP contribution in [0.3, 0.4) is 0 Å². The van der Waals surface area contributed by atoms with Crippen molar-refractivity contribution < 1.29 is 4.79 Å². The molecule has 4 aromatic rings. The van der Waals surface area contributed by atoms with Crippen molar-refractivity contribution >= 4 is 28.8 Å². The van der Waals surface area contributed by atoms with Crippen LogP contribution < -0.4 is 10.9 Å². The van der Waals surface area contributed by atoms with Crippen LogP contribution in [0.15, 0.2) is 47.4 Å². The molecule has 220 valence electrons. The van der Waals surface area contributed by atoms with Crippen molar-refractivity contribution in [3.8, 4) is 27.5 Å². The molecule has 0 aliphatic carbocycles. The molecule has 1 aromatic carbocycles. The van der Waals surface area contributed by atoms with Gasteiger partial charge in [0.05, 0.1) is 22.5 Å². The SMILES string of the molecule is CCc1cccc(CC)c1-n1c(CC(C)C)c(C(=O)N2CCNCC2)cc(-c2nc(-c3ccc(Cl)nc3)c(C)s2)c1=O. The second-order valence-electron chi connectivity index (χ2n) is 11.1. The van der Waals surface area contributed by atoms with Crippen LogP contribution in [0.4, 0.5) is 0 Å². The highest BCUT2D eigenvalue weighted by atomic mass is 35.5. The van der Waals surface area contributed by atoms with Gasteiger partial charge in [-0.2, -0.15) is 0 Å². The maximum absolute atomic E-state index is 14.7. The highest BCUT2D eigenvalue weighted by Crippen LogP contribution is 2.34. The van der Waals surface area contributed by atoms with E-state index in [2.05, 4.69) is 56.2 Å². The number of hydrogen-bond acceptors (Lipinski definition) is 6. The van der Waals surface area contributed by atoms with Gasteiger partial charge in [0, 0.05) is 48.5 Å². The van der Waals surface area contributed by atoms with Crippen molar-refractivity contribution in [1.82, 2.24) is 24.8 Å². The highest BCUT2D eigenvalue weighted by molar-refractivity contribution is 7.15. The summed E-state index contributed by atoms with van der Waals surface area (Å²) in [6.07, 6.45) is 3.84. The summed E-state index contributed by atoms with van der Waals surface area (Å²) in [5, 5.41) is 4.34. The minimum atomic E-state index is -0.146. The Balaban J connectivity index is 1.82. The average Bonchev–Trinajstić information content (AvgIpc) is 3.38. The van der Waals surface area contributed by atoms with Crippen LogP contribution in [0.25, 0.3) is 27.5 Å². The molecule has 42 heavy (non-hydrogen) atoms. The fraction of sp³-hybridized carbons (Fsp3) is 0.394. The molecule has 3 aromatic heterocycles. The number of benzene rings is 1. The van der Waals surface area contributed by atoms with E-state index in [0.29, 0.717) is 40.8 Å². The van der Waals surface area contributed by atoms with Crippen LogP contribution in [-0.4, -0.2) is 51.5 Å². The number of carbonyl (C=O) groups excluding carboxylic acids is 1. The second-order valence-corrected chi connectivity index (χ2v) is 12.7. The molecule has 1 saturated heterocycles. The minimum absolute atomic E-state index is 0.0374. The number of para-hydroxylation sites is 1. The summed E-state index contributed by atoms with van der Waals surface area (Å²) in [6, 6.07) is 11.7. The van der Waals surface area contributed by atoms with E-state index < -0.39 is 0 Å². The Morgan fingerprint density at radius 2 is 1.79 bits per heavy atom. The fourth-order valence-electron chi connectivity index (χ4n) is 5.65. The average molecular weight is 604 g/mol. The van der Waals surface area contributed by atoms with E-state index >= 15 is 0 Å². The Labute approximate surface area is 256 Å². The van der Waals surface area contributed by atoms with E-state index in [4.69, 9.17) is 16.6 Å². The minimum Gasteiger partial charge on any atom is -0.336 e. The molecule has 0 unspecified atom stereocenters. The van der Waals surface area contributed by atoms with E-state index in [1.807, 2.05) is 28.5 Å². The van der Waals surface area contributed by atoms with E-state index in [0.717, 1.165) is 64.6 Å². The van der Waals surface area contributed by atoms with Gasteiger partial charge in [-0.15, -0.1) is 11.3 Å². The molecular formula is C33H38ClN5O2S. The summed E-state index contributed by atoms with van der Waals surface area (Å²) in [7, 11) is 0. The maximum Gasteiger partial charge on any atom is 0.265 e. The first-order chi connectivity index (χ1) is 20.2. The normalized spacial score (nSPS) is 13.6. The number of nitrogens with one attached hydrogen (secondary N) is 1. The number of aryl methyl sites for hydroxylation is 3. The predicted octanol–water partition coefficient (Wildman–Crippen LogP) is 6.35. The van der Waals surface area contributed by atoms with Crippen molar-refractivity contribution in [2.75, 3.05) is 26.2 Å². The molecule has 0 spiro atoms. The Bertz CT molecular complexity index is 1630. The molecule has 0 bridgehead atoms. The lowest BCUT2D eigenvalue weighted by Gasteiger charge is -2.30. The molecule has 4 heterocycles. The number of aromatic nitrogens is 3. The molecule has 1 aliphatic rings.